The smallest absolute Gasteiger partial charge is 0.321 e. The van der Waals surface area contributed by atoms with Crippen molar-refractivity contribution < 1.29 is 23.5 Å². The Hall–Kier alpha value is -4.08. The van der Waals surface area contributed by atoms with Gasteiger partial charge in [-0.2, -0.15) is 0 Å². The van der Waals surface area contributed by atoms with Gasteiger partial charge in [-0.1, -0.05) is 12.1 Å². The Kier molecular flexibility index (Phi) is 5.44. The summed E-state index contributed by atoms with van der Waals surface area (Å²) >= 11 is 0. The lowest BCUT2D eigenvalue weighted by Gasteiger charge is -2.24. The van der Waals surface area contributed by atoms with E-state index in [0.717, 1.165) is 0 Å². The second-order valence-corrected chi connectivity index (χ2v) is 6.87. The van der Waals surface area contributed by atoms with Gasteiger partial charge in [-0.15, -0.1) is 0 Å². The van der Waals surface area contributed by atoms with E-state index in [1.807, 2.05) is 0 Å². The third-order valence-electron chi connectivity index (χ3n) is 4.81. The zero-order chi connectivity index (χ0) is 22.0. The van der Waals surface area contributed by atoms with Gasteiger partial charge >= 0.3 is 6.03 Å². The van der Waals surface area contributed by atoms with Crippen molar-refractivity contribution in [3.63, 3.8) is 0 Å². The Bertz CT molecular complexity index is 1170. The van der Waals surface area contributed by atoms with E-state index in [4.69, 9.17) is 4.74 Å². The lowest BCUT2D eigenvalue weighted by atomic mass is 10.0. The summed E-state index contributed by atoms with van der Waals surface area (Å²) in [6.07, 6.45) is 1.51. The summed E-state index contributed by atoms with van der Waals surface area (Å²) in [6, 6.07) is 7.76. The van der Waals surface area contributed by atoms with E-state index >= 15 is 0 Å². The Morgan fingerprint density at radius 3 is 2.74 bits per heavy atom. The number of methoxy groups -OCH3 is 1. The molecule has 3 N–H and O–H groups in total. The Morgan fingerprint density at radius 2 is 2.03 bits per heavy atom. The molecule has 2 aromatic heterocycles. The molecule has 0 saturated carbocycles. The highest BCUT2D eigenvalue weighted by Crippen LogP contribution is 2.33. The van der Waals surface area contributed by atoms with Gasteiger partial charge in [0.25, 0.3) is 5.91 Å². The molecule has 0 spiro atoms. The number of nitrogens with one attached hydrogen (secondary N) is 3. The second-order valence-electron chi connectivity index (χ2n) is 6.87. The number of carbonyl (C=O) groups is 3. The molecule has 0 bridgehead atoms. The first kappa shape index (κ1) is 20.2. The van der Waals surface area contributed by atoms with Crippen LogP contribution < -0.4 is 20.7 Å². The molecule has 9 nitrogen and oxygen atoms in total. The summed E-state index contributed by atoms with van der Waals surface area (Å²) < 4.78 is 18.5. The number of pyridine rings is 2. The lowest BCUT2D eigenvalue weighted by molar-refractivity contribution is -0.121. The first-order valence-electron chi connectivity index (χ1n) is 9.42. The highest BCUT2D eigenvalue weighted by Gasteiger charge is 2.30. The number of hydrogen-bond acceptors (Lipinski definition) is 6. The normalized spacial score (nSPS) is 15.9. The third kappa shape index (κ3) is 4.13. The van der Waals surface area contributed by atoms with E-state index < -0.39 is 23.9 Å². The molecule has 1 aliphatic heterocycles. The zero-order valence-electron chi connectivity index (χ0n) is 16.4. The maximum Gasteiger partial charge on any atom is 0.321 e. The average Bonchev–Trinajstić information content (AvgIpc) is 2.76. The monoisotopic (exact) mass is 423 g/mol. The topological polar surface area (TPSA) is 122 Å². The van der Waals surface area contributed by atoms with Crippen LogP contribution in [0.1, 0.15) is 34.2 Å². The number of imide groups is 1. The molecule has 1 saturated heterocycles. The summed E-state index contributed by atoms with van der Waals surface area (Å²) in [7, 11) is 1.40. The van der Waals surface area contributed by atoms with Crippen LogP contribution >= 0.6 is 0 Å². The van der Waals surface area contributed by atoms with E-state index in [1.165, 1.54) is 19.2 Å². The minimum Gasteiger partial charge on any atom is -0.492 e. The number of urea groups is 1. The summed E-state index contributed by atoms with van der Waals surface area (Å²) in [6.45, 7) is 0.141. The van der Waals surface area contributed by atoms with Gasteiger partial charge in [-0.05, 0) is 29.8 Å². The van der Waals surface area contributed by atoms with Crippen molar-refractivity contribution in [1.29, 1.82) is 0 Å². The highest BCUT2D eigenvalue weighted by atomic mass is 19.1. The van der Waals surface area contributed by atoms with Crippen molar-refractivity contribution in [2.24, 2.45) is 0 Å². The number of ether oxygens (including phenoxy) is 1. The van der Waals surface area contributed by atoms with Gasteiger partial charge in [0, 0.05) is 18.1 Å². The molecule has 10 heteroatoms. The first-order chi connectivity index (χ1) is 15.0. The molecular formula is C21H18FN5O4. The van der Waals surface area contributed by atoms with Crippen molar-refractivity contribution in [3.8, 4) is 5.75 Å². The molecule has 1 atom stereocenters. The summed E-state index contributed by atoms with van der Waals surface area (Å²) in [5, 5.41) is 8.09. The number of rotatable bonds is 5. The van der Waals surface area contributed by atoms with Crippen molar-refractivity contribution in [3.05, 3.63) is 65.4 Å². The summed E-state index contributed by atoms with van der Waals surface area (Å²) in [5.41, 5.74) is 1.37. The number of amides is 4. The van der Waals surface area contributed by atoms with Crippen molar-refractivity contribution in [2.75, 3.05) is 7.11 Å². The second kappa shape index (κ2) is 8.34. The molecule has 1 aromatic carbocycles. The first-order valence-corrected chi connectivity index (χ1v) is 9.42. The summed E-state index contributed by atoms with van der Waals surface area (Å²) in [4.78, 5) is 45.4. The fourth-order valence-electron chi connectivity index (χ4n) is 3.39. The van der Waals surface area contributed by atoms with Gasteiger partial charge in [0.15, 0.2) is 11.4 Å². The van der Waals surface area contributed by atoms with Crippen LogP contribution in [0.3, 0.4) is 0 Å². The fourth-order valence-corrected chi connectivity index (χ4v) is 3.39. The Labute approximate surface area is 176 Å². The lowest BCUT2D eigenvalue weighted by Crippen LogP contribution is -2.48. The van der Waals surface area contributed by atoms with Crippen LogP contribution in [0.15, 0.2) is 42.6 Å². The van der Waals surface area contributed by atoms with E-state index in [1.54, 1.807) is 30.5 Å². The van der Waals surface area contributed by atoms with Gasteiger partial charge < -0.3 is 15.4 Å². The molecule has 158 valence electrons. The minimum absolute atomic E-state index is 0.0360. The Balaban J connectivity index is 1.73. The number of benzene rings is 1. The number of aromatic nitrogens is 2. The fraction of sp³-hybridized carbons (Fsp3) is 0.190. The molecule has 0 aliphatic carbocycles. The van der Waals surface area contributed by atoms with Crippen molar-refractivity contribution in [1.82, 2.24) is 25.9 Å². The van der Waals surface area contributed by atoms with Crippen molar-refractivity contribution >= 4 is 28.7 Å². The zero-order valence-corrected chi connectivity index (χ0v) is 16.4. The van der Waals surface area contributed by atoms with E-state index in [2.05, 4.69) is 25.9 Å². The molecule has 1 aliphatic rings. The van der Waals surface area contributed by atoms with Crippen LogP contribution in [0, 0.1) is 5.82 Å². The largest absolute Gasteiger partial charge is 0.492 e. The Morgan fingerprint density at radius 1 is 1.26 bits per heavy atom. The van der Waals surface area contributed by atoms with Crippen LogP contribution in [0.5, 0.6) is 5.75 Å². The maximum atomic E-state index is 13.1. The molecule has 4 rings (SSSR count). The standard InChI is InChI=1S/C21H18FN5O4/c1-31-19-17-13(3-2-8-23-17)16(14-9-15(28)26-21(30)25-14)27-18(19)20(29)24-10-11-4-6-12(22)7-5-11/h2-8,14H,9-10H2,1H3,(H,24,29)(H2,25,26,28,30). The molecule has 1 fully saturated rings. The molecule has 4 amide bonds. The number of nitrogens with zero attached hydrogens (tertiary/aromatic N) is 2. The van der Waals surface area contributed by atoms with E-state index in [-0.39, 0.29) is 30.2 Å². The van der Waals surface area contributed by atoms with Gasteiger partial charge in [0.2, 0.25) is 5.91 Å². The molecular weight excluding hydrogens is 405 g/mol. The van der Waals surface area contributed by atoms with Crippen LogP contribution in [0.2, 0.25) is 0 Å². The molecule has 3 aromatic rings. The highest BCUT2D eigenvalue weighted by molar-refractivity contribution is 6.02. The summed E-state index contributed by atoms with van der Waals surface area (Å²) in [5.74, 6) is -1.20. The van der Waals surface area contributed by atoms with Gasteiger partial charge in [-0.3, -0.25) is 19.9 Å². The van der Waals surface area contributed by atoms with Crippen molar-refractivity contribution in [2.45, 2.75) is 19.0 Å². The number of halogens is 1. The molecule has 0 radical (unpaired) electrons. The van der Waals surface area contributed by atoms with E-state index in [9.17, 15) is 18.8 Å². The predicted molar refractivity (Wildman–Crippen MR) is 108 cm³/mol. The van der Waals surface area contributed by atoms with Gasteiger partial charge in [0.05, 0.1) is 25.3 Å². The van der Waals surface area contributed by atoms with Crippen LogP contribution in [-0.2, 0) is 11.3 Å². The van der Waals surface area contributed by atoms with Gasteiger partial charge in [-0.25, -0.2) is 14.2 Å². The number of hydrogen-bond donors (Lipinski definition) is 3. The maximum absolute atomic E-state index is 13.1. The molecule has 1 unspecified atom stereocenters. The van der Waals surface area contributed by atoms with Crippen LogP contribution in [0.25, 0.3) is 10.9 Å². The number of carbonyl (C=O) groups excluding carboxylic acids is 3. The van der Waals surface area contributed by atoms with Crippen LogP contribution in [-0.4, -0.2) is 34.9 Å². The van der Waals surface area contributed by atoms with E-state index in [0.29, 0.717) is 22.2 Å². The molecule has 31 heavy (non-hydrogen) atoms. The predicted octanol–water partition coefficient (Wildman–Crippen LogP) is 1.98. The quantitative estimate of drug-likeness (QED) is 0.577. The minimum atomic E-state index is -0.734. The molecule has 3 heterocycles. The van der Waals surface area contributed by atoms with Crippen LogP contribution in [0.4, 0.5) is 9.18 Å². The third-order valence-corrected chi connectivity index (χ3v) is 4.81. The van der Waals surface area contributed by atoms with Gasteiger partial charge in [0.1, 0.15) is 11.3 Å². The SMILES string of the molecule is COc1c(C(=O)NCc2ccc(F)cc2)nc(C2CC(=O)NC(=O)N2)c2cccnc12. The average molecular weight is 423 g/mol. The number of fused-ring (bicyclic) bond motifs is 1.